The van der Waals surface area contributed by atoms with Crippen LogP contribution in [0.5, 0.6) is 5.75 Å². The Balaban J connectivity index is 1.66. The molecule has 0 aliphatic carbocycles. The minimum atomic E-state index is -4.46. The second kappa shape index (κ2) is 8.52. The third kappa shape index (κ3) is 4.44. The highest BCUT2D eigenvalue weighted by Crippen LogP contribution is 2.36. The standard InChI is InChI=1S/C21H16F3N3O4S2/c1-27(15-4-3-5-16(12-15)30-2)33(28,29)17-10-11-32-18(17)20-25-19(26-31-20)13-6-8-14(9-7-13)21(22,23)24/h3-12H,1-2H3. The normalized spacial score (nSPS) is 12.0. The molecule has 0 saturated carbocycles. The fourth-order valence-corrected chi connectivity index (χ4v) is 5.49. The highest BCUT2D eigenvalue weighted by Gasteiger charge is 2.31. The number of hydrogen-bond acceptors (Lipinski definition) is 7. The van der Waals surface area contributed by atoms with E-state index in [1.165, 1.54) is 32.4 Å². The molecule has 0 aliphatic rings. The fourth-order valence-electron chi connectivity index (χ4n) is 2.99. The first-order chi connectivity index (χ1) is 15.6. The topological polar surface area (TPSA) is 85.5 Å². The van der Waals surface area contributed by atoms with Gasteiger partial charge in [0.15, 0.2) is 0 Å². The SMILES string of the molecule is COc1cccc(N(C)S(=O)(=O)c2ccsc2-c2nc(-c3ccc(C(F)(F)F)cc3)no2)c1. The molecule has 0 N–H and O–H groups in total. The summed E-state index contributed by atoms with van der Waals surface area (Å²) >= 11 is 1.09. The van der Waals surface area contributed by atoms with E-state index in [0.717, 1.165) is 27.8 Å². The molecule has 0 spiro atoms. The average molecular weight is 496 g/mol. The molecule has 2 aromatic carbocycles. The van der Waals surface area contributed by atoms with Gasteiger partial charge in [-0.25, -0.2) is 8.42 Å². The number of halogens is 3. The van der Waals surface area contributed by atoms with Crippen molar-refractivity contribution in [2.24, 2.45) is 0 Å². The van der Waals surface area contributed by atoms with Crippen molar-refractivity contribution in [1.29, 1.82) is 0 Å². The van der Waals surface area contributed by atoms with E-state index in [1.54, 1.807) is 29.6 Å². The lowest BCUT2D eigenvalue weighted by Gasteiger charge is -2.19. The number of nitrogens with zero attached hydrogens (tertiary/aromatic N) is 3. The summed E-state index contributed by atoms with van der Waals surface area (Å²) in [7, 11) is -1.10. The maximum atomic E-state index is 13.3. The van der Waals surface area contributed by atoms with Gasteiger partial charge in [0.2, 0.25) is 5.82 Å². The Morgan fingerprint density at radius 2 is 1.82 bits per heavy atom. The molecule has 4 rings (SSSR count). The lowest BCUT2D eigenvalue weighted by atomic mass is 10.1. The summed E-state index contributed by atoms with van der Waals surface area (Å²) in [6.45, 7) is 0. The van der Waals surface area contributed by atoms with Crippen LogP contribution in [-0.2, 0) is 16.2 Å². The van der Waals surface area contributed by atoms with E-state index < -0.39 is 21.8 Å². The molecule has 0 saturated heterocycles. The van der Waals surface area contributed by atoms with E-state index >= 15 is 0 Å². The first-order valence-corrected chi connectivity index (χ1v) is 11.7. The van der Waals surface area contributed by atoms with Crippen LogP contribution in [0.25, 0.3) is 22.2 Å². The highest BCUT2D eigenvalue weighted by molar-refractivity contribution is 7.93. The molecular formula is C21H16F3N3O4S2. The monoisotopic (exact) mass is 495 g/mol. The smallest absolute Gasteiger partial charge is 0.416 e. The maximum absolute atomic E-state index is 13.3. The van der Waals surface area contributed by atoms with Gasteiger partial charge in [-0.15, -0.1) is 11.3 Å². The number of sulfonamides is 1. The summed E-state index contributed by atoms with van der Waals surface area (Å²) in [6, 6.07) is 12.3. The van der Waals surface area contributed by atoms with Crippen LogP contribution < -0.4 is 9.04 Å². The van der Waals surface area contributed by atoms with E-state index in [2.05, 4.69) is 10.1 Å². The quantitative estimate of drug-likeness (QED) is 0.360. The van der Waals surface area contributed by atoms with Gasteiger partial charge in [-0.1, -0.05) is 23.4 Å². The Morgan fingerprint density at radius 1 is 1.09 bits per heavy atom. The van der Waals surface area contributed by atoms with E-state index in [-0.39, 0.29) is 21.5 Å². The van der Waals surface area contributed by atoms with Crippen LogP contribution in [0, 0.1) is 0 Å². The van der Waals surface area contributed by atoms with E-state index in [9.17, 15) is 21.6 Å². The van der Waals surface area contributed by atoms with Crippen molar-refractivity contribution in [2.45, 2.75) is 11.1 Å². The number of methoxy groups -OCH3 is 1. The molecule has 0 radical (unpaired) electrons. The molecule has 0 unspecified atom stereocenters. The van der Waals surface area contributed by atoms with Crippen LogP contribution in [0.2, 0.25) is 0 Å². The van der Waals surface area contributed by atoms with E-state index in [0.29, 0.717) is 17.0 Å². The molecule has 0 bridgehead atoms. The lowest BCUT2D eigenvalue weighted by molar-refractivity contribution is -0.137. The number of alkyl halides is 3. The molecule has 0 amide bonds. The minimum absolute atomic E-state index is 0.0385. The number of hydrogen-bond donors (Lipinski definition) is 0. The van der Waals surface area contributed by atoms with Gasteiger partial charge in [-0.2, -0.15) is 18.2 Å². The number of rotatable bonds is 6. The Labute approximate surface area is 191 Å². The Kier molecular flexibility index (Phi) is 5.89. The van der Waals surface area contributed by atoms with Crippen LogP contribution >= 0.6 is 11.3 Å². The molecule has 0 aliphatic heterocycles. The Bertz CT molecular complexity index is 1380. The van der Waals surface area contributed by atoms with E-state index in [4.69, 9.17) is 9.26 Å². The summed E-state index contributed by atoms with van der Waals surface area (Å²) in [6.07, 6.45) is -4.46. The Hall–Kier alpha value is -3.38. The molecule has 2 heterocycles. The molecule has 0 atom stereocenters. The molecule has 7 nitrogen and oxygen atoms in total. The van der Waals surface area contributed by atoms with E-state index in [1.807, 2.05) is 0 Å². The maximum Gasteiger partial charge on any atom is 0.416 e. The predicted molar refractivity (Wildman–Crippen MR) is 117 cm³/mol. The zero-order valence-electron chi connectivity index (χ0n) is 17.2. The summed E-state index contributed by atoms with van der Waals surface area (Å²) in [5.41, 5.74) is -0.114. The molecule has 0 fully saturated rings. The molecule has 2 aromatic heterocycles. The first kappa shape index (κ1) is 22.8. The molecule has 4 aromatic rings. The van der Waals surface area contributed by atoms with Gasteiger partial charge >= 0.3 is 6.18 Å². The van der Waals surface area contributed by atoms with Gasteiger partial charge in [-0.05, 0) is 35.7 Å². The van der Waals surface area contributed by atoms with Gasteiger partial charge in [0, 0.05) is 18.7 Å². The van der Waals surface area contributed by atoms with Crippen LogP contribution in [-0.4, -0.2) is 32.7 Å². The second-order valence-electron chi connectivity index (χ2n) is 6.79. The molecule has 172 valence electrons. The number of aromatic nitrogens is 2. The molecule has 33 heavy (non-hydrogen) atoms. The van der Waals surface area contributed by atoms with Crippen molar-refractivity contribution in [3.8, 4) is 27.9 Å². The van der Waals surface area contributed by atoms with Crippen LogP contribution in [0.1, 0.15) is 5.56 Å². The zero-order valence-corrected chi connectivity index (χ0v) is 18.8. The third-order valence-electron chi connectivity index (χ3n) is 4.78. The Morgan fingerprint density at radius 3 is 2.48 bits per heavy atom. The summed E-state index contributed by atoms with van der Waals surface area (Å²) < 4.78 is 76.4. The fraction of sp³-hybridized carbons (Fsp3) is 0.143. The first-order valence-electron chi connectivity index (χ1n) is 9.33. The van der Waals surface area contributed by atoms with Crippen molar-refractivity contribution in [3.05, 3.63) is 65.5 Å². The van der Waals surface area contributed by atoms with Crippen molar-refractivity contribution >= 4 is 27.0 Å². The minimum Gasteiger partial charge on any atom is -0.497 e. The van der Waals surface area contributed by atoms with Crippen molar-refractivity contribution in [3.63, 3.8) is 0 Å². The molecular weight excluding hydrogens is 479 g/mol. The van der Waals surface area contributed by atoms with Crippen molar-refractivity contribution in [1.82, 2.24) is 10.1 Å². The summed E-state index contributed by atoms with van der Waals surface area (Å²) in [5.74, 6) is 0.479. The zero-order chi connectivity index (χ0) is 23.8. The highest BCUT2D eigenvalue weighted by atomic mass is 32.2. The predicted octanol–water partition coefficient (Wildman–Crippen LogP) is 5.32. The number of anilines is 1. The largest absolute Gasteiger partial charge is 0.497 e. The number of thiophene rings is 1. The van der Waals surface area contributed by atoms with Crippen LogP contribution in [0.15, 0.2) is 69.4 Å². The van der Waals surface area contributed by atoms with Crippen molar-refractivity contribution < 1.29 is 30.8 Å². The van der Waals surface area contributed by atoms with Gasteiger partial charge in [0.1, 0.15) is 15.5 Å². The molecule has 12 heteroatoms. The number of ether oxygens (including phenoxy) is 1. The summed E-state index contributed by atoms with van der Waals surface area (Å²) in [4.78, 5) is 4.37. The lowest BCUT2D eigenvalue weighted by Crippen LogP contribution is -2.26. The van der Waals surface area contributed by atoms with Crippen molar-refractivity contribution in [2.75, 3.05) is 18.5 Å². The van der Waals surface area contributed by atoms with Crippen LogP contribution in [0.3, 0.4) is 0 Å². The van der Waals surface area contributed by atoms with Gasteiger partial charge < -0.3 is 9.26 Å². The second-order valence-corrected chi connectivity index (χ2v) is 9.64. The van der Waals surface area contributed by atoms with Crippen LogP contribution in [0.4, 0.5) is 18.9 Å². The summed E-state index contributed by atoms with van der Waals surface area (Å²) in [5, 5.41) is 5.37. The van der Waals surface area contributed by atoms with Gasteiger partial charge in [0.25, 0.3) is 15.9 Å². The number of benzene rings is 2. The van der Waals surface area contributed by atoms with Gasteiger partial charge in [0.05, 0.1) is 18.4 Å². The average Bonchev–Trinajstić information content (AvgIpc) is 3.48. The van der Waals surface area contributed by atoms with Gasteiger partial charge in [-0.3, -0.25) is 4.31 Å². The third-order valence-corrected chi connectivity index (χ3v) is 7.63.